The van der Waals surface area contributed by atoms with E-state index >= 15 is 0 Å². The summed E-state index contributed by atoms with van der Waals surface area (Å²) in [6.07, 6.45) is 0.729. The maximum Gasteiger partial charge on any atom is 0.412 e. The number of nitrogens with one attached hydrogen (secondary N) is 1. The third-order valence-electron chi connectivity index (χ3n) is 2.75. The summed E-state index contributed by atoms with van der Waals surface area (Å²) in [5, 5.41) is 2.39. The number of esters is 1. The van der Waals surface area contributed by atoms with Crippen LogP contribution in [0.25, 0.3) is 6.08 Å². The minimum Gasteiger partial charge on any atom is -0.464 e. The lowest BCUT2D eigenvalue weighted by Gasteiger charge is -2.20. The number of methoxy groups -OCH3 is 1. The number of fused-ring (bicyclic) bond motifs is 1. The second-order valence-electron chi connectivity index (χ2n) is 5.79. The molecule has 1 N–H and O–H groups in total. The van der Waals surface area contributed by atoms with Gasteiger partial charge in [0.1, 0.15) is 11.3 Å². The molecule has 7 nitrogen and oxygen atoms in total. The molecule has 1 amide bonds. The molecule has 0 aromatic heterocycles. The molecule has 0 fully saturated rings. The fourth-order valence-electron chi connectivity index (χ4n) is 1.84. The highest BCUT2D eigenvalue weighted by Crippen LogP contribution is 2.33. The SMILES string of the molecule is COC(=O)/C(=C/c1ccc2c(c1)OCO2)NC(=O)OC(C)(C)C. The van der Waals surface area contributed by atoms with Gasteiger partial charge in [0, 0.05) is 0 Å². The zero-order valence-electron chi connectivity index (χ0n) is 13.5. The molecule has 0 spiro atoms. The summed E-state index contributed by atoms with van der Waals surface area (Å²) in [5.74, 6) is 0.510. The largest absolute Gasteiger partial charge is 0.464 e. The molecule has 23 heavy (non-hydrogen) atoms. The zero-order valence-corrected chi connectivity index (χ0v) is 13.5. The van der Waals surface area contributed by atoms with Crippen LogP contribution in [0.5, 0.6) is 11.5 Å². The van der Waals surface area contributed by atoms with Crippen molar-refractivity contribution in [3.8, 4) is 11.5 Å². The van der Waals surface area contributed by atoms with Crippen molar-refractivity contribution in [2.75, 3.05) is 13.9 Å². The van der Waals surface area contributed by atoms with E-state index in [9.17, 15) is 9.59 Å². The van der Waals surface area contributed by atoms with Crippen LogP contribution in [0.2, 0.25) is 0 Å². The molecule has 1 aromatic carbocycles. The Hall–Kier alpha value is -2.70. The standard InChI is InChI=1S/C16H19NO6/c1-16(2,3)23-15(19)17-11(14(18)20-4)7-10-5-6-12-13(8-10)22-9-21-12/h5-8H,9H2,1-4H3,(H,17,19)/b11-7-. The van der Waals surface area contributed by atoms with Crippen molar-refractivity contribution < 1.29 is 28.5 Å². The van der Waals surface area contributed by atoms with E-state index in [1.807, 2.05) is 0 Å². The highest BCUT2D eigenvalue weighted by atomic mass is 16.7. The highest BCUT2D eigenvalue weighted by Gasteiger charge is 2.20. The number of benzene rings is 1. The van der Waals surface area contributed by atoms with Crippen molar-refractivity contribution in [3.63, 3.8) is 0 Å². The Kier molecular flexibility index (Phi) is 4.78. The van der Waals surface area contributed by atoms with Crippen LogP contribution in [0.1, 0.15) is 26.3 Å². The quantitative estimate of drug-likeness (QED) is 0.680. The van der Waals surface area contributed by atoms with Gasteiger partial charge in [-0.1, -0.05) is 6.07 Å². The number of ether oxygens (including phenoxy) is 4. The minimum absolute atomic E-state index is 0.0411. The van der Waals surface area contributed by atoms with Crippen LogP contribution in [0, 0.1) is 0 Å². The van der Waals surface area contributed by atoms with E-state index in [0.717, 1.165) is 0 Å². The van der Waals surface area contributed by atoms with Crippen LogP contribution in [0.15, 0.2) is 23.9 Å². The van der Waals surface area contributed by atoms with E-state index in [2.05, 4.69) is 10.1 Å². The molecule has 124 valence electrons. The zero-order chi connectivity index (χ0) is 17.0. The molecule has 0 unspecified atom stereocenters. The van der Waals surface area contributed by atoms with Gasteiger partial charge in [0.2, 0.25) is 6.79 Å². The normalized spacial score (nSPS) is 13.5. The molecular weight excluding hydrogens is 302 g/mol. The fraction of sp³-hybridized carbons (Fsp3) is 0.375. The number of carbonyl (C=O) groups excluding carboxylic acids is 2. The second kappa shape index (κ2) is 6.60. The first-order chi connectivity index (χ1) is 10.8. The summed E-state index contributed by atoms with van der Waals surface area (Å²) in [4.78, 5) is 23.7. The Morgan fingerprint density at radius 3 is 2.57 bits per heavy atom. The summed E-state index contributed by atoms with van der Waals surface area (Å²) in [6, 6.07) is 5.14. The summed E-state index contributed by atoms with van der Waals surface area (Å²) in [6.45, 7) is 5.34. The predicted molar refractivity (Wildman–Crippen MR) is 81.9 cm³/mol. The summed E-state index contributed by atoms with van der Waals surface area (Å²) < 4.78 is 20.3. The molecule has 7 heteroatoms. The van der Waals surface area contributed by atoms with Crippen molar-refractivity contribution >= 4 is 18.1 Å². The van der Waals surface area contributed by atoms with Gasteiger partial charge in [0.15, 0.2) is 11.5 Å². The summed E-state index contributed by atoms with van der Waals surface area (Å²) >= 11 is 0. The lowest BCUT2D eigenvalue weighted by atomic mass is 10.1. The molecule has 1 aromatic rings. The van der Waals surface area contributed by atoms with Crippen LogP contribution in [0.3, 0.4) is 0 Å². The van der Waals surface area contributed by atoms with E-state index in [-0.39, 0.29) is 12.5 Å². The Labute approximate surface area is 134 Å². The maximum absolute atomic E-state index is 11.8. The van der Waals surface area contributed by atoms with Crippen LogP contribution in [-0.4, -0.2) is 31.6 Å². The molecule has 0 atom stereocenters. The lowest BCUT2D eigenvalue weighted by Crippen LogP contribution is -2.34. The van der Waals surface area contributed by atoms with Crippen LogP contribution < -0.4 is 14.8 Å². The van der Waals surface area contributed by atoms with E-state index in [1.165, 1.54) is 13.2 Å². The van der Waals surface area contributed by atoms with Crippen molar-refractivity contribution in [2.24, 2.45) is 0 Å². The molecule has 0 radical (unpaired) electrons. The first-order valence-electron chi connectivity index (χ1n) is 6.98. The van der Waals surface area contributed by atoms with Gasteiger partial charge in [-0.15, -0.1) is 0 Å². The fourth-order valence-corrected chi connectivity index (χ4v) is 1.84. The second-order valence-corrected chi connectivity index (χ2v) is 5.79. The minimum atomic E-state index is -0.741. The van der Waals surface area contributed by atoms with Gasteiger partial charge in [-0.3, -0.25) is 5.32 Å². The Morgan fingerprint density at radius 2 is 1.91 bits per heavy atom. The molecule has 0 saturated heterocycles. The number of hydrogen-bond acceptors (Lipinski definition) is 6. The van der Waals surface area contributed by atoms with E-state index in [1.54, 1.807) is 39.0 Å². The third-order valence-corrected chi connectivity index (χ3v) is 2.75. The van der Waals surface area contributed by atoms with E-state index in [0.29, 0.717) is 17.1 Å². The van der Waals surface area contributed by atoms with Crippen molar-refractivity contribution in [1.82, 2.24) is 5.32 Å². The maximum atomic E-state index is 11.8. The molecular formula is C16H19NO6. The summed E-state index contributed by atoms with van der Waals surface area (Å²) in [5.41, 5.74) is -0.0734. The number of alkyl carbamates (subject to hydrolysis) is 1. The lowest BCUT2D eigenvalue weighted by molar-refractivity contribution is -0.136. The van der Waals surface area contributed by atoms with Crippen molar-refractivity contribution in [2.45, 2.75) is 26.4 Å². The van der Waals surface area contributed by atoms with Crippen molar-refractivity contribution in [3.05, 3.63) is 29.5 Å². The van der Waals surface area contributed by atoms with E-state index in [4.69, 9.17) is 14.2 Å². The third kappa shape index (κ3) is 4.64. The van der Waals surface area contributed by atoms with Crippen LogP contribution in [0.4, 0.5) is 4.79 Å². The molecule has 1 aliphatic heterocycles. The molecule has 2 rings (SSSR count). The van der Waals surface area contributed by atoms with Crippen LogP contribution in [-0.2, 0) is 14.3 Å². The number of rotatable bonds is 3. The van der Waals surface area contributed by atoms with Gasteiger partial charge >= 0.3 is 12.1 Å². The first-order valence-corrected chi connectivity index (χ1v) is 6.98. The van der Waals surface area contributed by atoms with Gasteiger partial charge in [0.25, 0.3) is 0 Å². The molecule has 1 aliphatic rings. The van der Waals surface area contributed by atoms with Gasteiger partial charge in [-0.05, 0) is 44.5 Å². The number of hydrogen-bond donors (Lipinski definition) is 1. The van der Waals surface area contributed by atoms with Gasteiger partial charge < -0.3 is 18.9 Å². The topological polar surface area (TPSA) is 83.1 Å². The van der Waals surface area contributed by atoms with Gasteiger partial charge in [0.05, 0.1) is 7.11 Å². The smallest absolute Gasteiger partial charge is 0.412 e. The van der Waals surface area contributed by atoms with Crippen LogP contribution >= 0.6 is 0 Å². The predicted octanol–water partition coefficient (Wildman–Crippen LogP) is 2.45. The molecule has 0 bridgehead atoms. The Bertz CT molecular complexity index is 644. The summed E-state index contributed by atoms with van der Waals surface area (Å²) in [7, 11) is 1.23. The molecule has 0 aliphatic carbocycles. The van der Waals surface area contributed by atoms with Gasteiger partial charge in [-0.2, -0.15) is 0 Å². The van der Waals surface area contributed by atoms with Crippen molar-refractivity contribution in [1.29, 1.82) is 0 Å². The Morgan fingerprint density at radius 1 is 1.22 bits per heavy atom. The highest BCUT2D eigenvalue weighted by molar-refractivity contribution is 5.96. The first kappa shape index (κ1) is 16.7. The van der Waals surface area contributed by atoms with E-state index < -0.39 is 17.7 Å². The number of carbonyl (C=O) groups is 2. The monoisotopic (exact) mass is 321 g/mol. The Balaban J connectivity index is 2.21. The molecule has 1 heterocycles. The molecule has 0 saturated carbocycles. The average molecular weight is 321 g/mol. The average Bonchev–Trinajstić information content (AvgIpc) is 2.91. The number of amides is 1. The van der Waals surface area contributed by atoms with Gasteiger partial charge in [-0.25, -0.2) is 9.59 Å².